The van der Waals surface area contributed by atoms with Crippen molar-refractivity contribution in [2.24, 2.45) is 11.7 Å². The van der Waals surface area contributed by atoms with Gasteiger partial charge in [0.25, 0.3) is 0 Å². The van der Waals surface area contributed by atoms with Crippen LogP contribution in [0.5, 0.6) is 0 Å². The summed E-state index contributed by atoms with van der Waals surface area (Å²) in [5.74, 6) is 0.355. The lowest BCUT2D eigenvalue weighted by Crippen LogP contribution is -2.23. The predicted molar refractivity (Wildman–Crippen MR) is 60.1 cm³/mol. The van der Waals surface area contributed by atoms with Crippen LogP contribution in [0.15, 0.2) is 28.7 Å². The van der Waals surface area contributed by atoms with E-state index in [2.05, 4.69) is 28.1 Å². The number of hydrogen-bond donors (Lipinski definition) is 2. The Hall–Kier alpha value is -0.380. The first-order valence-electron chi connectivity index (χ1n) is 4.80. The van der Waals surface area contributed by atoms with E-state index in [-0.39, 0.29) is 12.0 Å². The Morgan fingerprint density at radius 2 is 2.07 bits per heavy atom. The molecule has 0 aromatic heterocycles. The smallest absolute Gasteiger partial charge is 0.0468 e. The molecular formula is C11H14BrNO. The number of nitrogens with two attached hydrogens (primary N) is 1. The van der Waals surface area contributed by atoms with Gasteiger partial charge < -0.3 is 10.8 Å². The van der Waals surface area contributed by atoms with Crippen molar-refractivity contribution in [3.63, 3.8) is 0 Å². The van der Waals surface area contributed by atoms with E-state index in [4.69, 9.17) is 10.8 Å². The lowest BCUT2D eigenvalue weighted by atomic mass is 9.93. The molecule has 2 atom stereocenters. The van der Waals surface area contributed by atoms with Crippen molar-refractivity contribution >= 4 is 15.9 Å². The number of hydrogen-bond acceptors (Lipinski definition) is 2. The summed E-state index contributed by atoms with van der Waals surface area (Å²) in [6.07, 6.45) is 1.02. The first-order chi connectivity index (χ1) is 6.73. The van der Waals surface area contributed by atoms with Crippen molar-refractivity contribution in [1.29, 1.82) is 0 Å². The van der Waals surface area contributed by atoms with Crippen molar-refractivity contribution in [3.8, 4) is 0 Å². The van der Waals surface area contributed by atoms with Gasteiger partial charge in [0, 0.05) is 23.0 Å². The minimum Gasteiger partial charge on any atom is -0.396 e. The normalized spacial score (nSPS) is 30.4. The van der Waals surface area contributed by atoms with Crippen LogP contribution in [0.25, 0.3) is 0 Å². The fourth-order valence-electron chi connectivity index (χ4n) is 2.12. The van der Waals surface area contributed by atoms with E-state index in [0.717, 1.165) is 10.9 Å². The Balaban J connectivity index is 2.26. The number of rotatable bonds is 3. The van der Waals surface area contributed by atoms with E-state index >= 15 is 0 Å². The second-order valence-corrected chi connectivity index (χ2v) is 4.87. The van der Waals surface area contributed by atoms with Crippen LogP contribution in [0.2, 0.25) is 0 Å². The van der Waals surface area contributed by atoms with Crippen molar-refractivity contribution < 1.29 is 5.11 Å². The molecule has 3 heteroatoms. The minimum atomic E-state index is 0.0510. The van der Waals surface area contributed by atoms with Crippen LogP contribution in [0.1, 0.15) is 12.0 Å². The lowest BCUT2D eigenvalue weighted by Gasteiger charge is -2.14. The Kier molecular flexibility index (Phi) is 2.64. The summed E-state index contributed by atoms with van der Waals surface area (Å²) in [5.41, 5.74) is 7.09. The molecule has 1 aliphatic rings. The summed E-state index contributed by atoms with van der Waals surface area (Å²) < 4.78 is 1.08. The van der Waals surface area contributed by atoms with Crippen molar-refractivity contribution in [2.75, 3.05) is 13.2 Å². The average Bonchev–Trinajstić information content (AvgIpc) is 2.94. The Bertz CT molecular complexity index is 325. The largest absolute Gasteiger partial charge is 0.396 e. The topological polar surface area (TPSA) is 46.2 Å². The Labute approximate surface area is 92.3 Å². The van der Waals surface area contributed by atoms with E-state index in [0.29, 0.717) is 12.5 Å². The first-order valence-corrected chi connectivity index (χ1v) is 5.59. The fourth-order valence-corrected chi connectivity index (χ4v) is 2.39. The highest BCUT2D eigenvalue weighted by atomic mass is 79.9. The number of benzene rings is 1. The highest BCUT2D eigenvalue weighted by Gasteiger charge is 2.53. The molecule has 0 bridgehead atoms. The van der Waals surface area contributed by atoms with Gasteiger partial charge in [-0.2, -0.15) is 0 Å². The van der Waals surface area contributed by atoms with Crippen LogP contribution < -0.4 is 5.73 Å². The van der Waals surface area contributed by atoms with Crippen LogP contribution in [-0.4, -0.2) is 18.3 Å². The van der Waals surface area contributed by atoms with Gasteiger partial charge in [0.1, 0.15) is 0 Å². The Morgan fingerprint density at radius 3 is 2.50 bits per heavy atom. The zero-order chi connectivity index (χ0) is 10.2. The monoisotopic (exact) mass is 255 g/mol. The molecule has 1 fully saturated rings. The van der Waals surface area contributed by atoms with Crippen molar-refractivity contribution in [1.82, 2.24) is 0 Å². The van der Waals surface area contributed by atoms with Gasteiger partial charge in [-0.3, -0.25) is 0 Å². The summed E-state index contributed by atoms with van der Waals surface area (Å²) in [6, 6.07) is 8.23. The number of aliphatic hydroxyl groups excluding tert-OH is 1. The third-order valence-corrected chi connectivity index (χ3v) is 3.76. The van der Waals surface area contributed by atoms with E-state index in [1.807, 2.05) is 12.1 Å². The van der Waals surface area contributed by atoms with Crippen molar-refractivity contribution in [3.05, 3.63) is 34.3 Å². The van der Waals surface area contributed by atoms with Crippen LogP contribution in [0.3, 0.4) is 0 Å². The molecule has 2 nitrogen and oxygen atoms in total. The lowest BCUT2D eigenvalue weighted by molar-refractivity contribution is 0.264. The van der Waals surface area contributed by atoms with Crippen LogP contribution in [-0.2, 0) is 5.41 Å². The molecule has 1 aromatic carbocycles. The molecule has 0 heterocycles. The predicted octanol–water partition coefficient (Wildman–Crippen LogP) is 1.66. The third-order valence-electron chi connectivity index (χ3n) is 3.24. The van der Waals surface area contributed by atoms with Gasteiger partial charge in [0.05, 0.1) is 0 Å². The fraction of sp³-hybridized carbons (Fsp3) is 0.455. The highest BCUT2D eigenvalue weighted by Crippen LogP contribution is 2.53. The van der Waals surface area contributed by atoms with Crippen LogP contribution in [0.4, 0.5) is 0 Å². The van der Waals surface area contributed by atoms with Gasteiger partial charge in [0.15, 0.2) is 0 Å². The molecule has 1 aliphatic carbocycles. The maximum Gasteiger partial charge on any atom is 0.0468 e. The van der Waals surface area contributed by atoms with Gasteiger partial charge in [-0.15, -0.1) is 0 Å². The molecule has 0 amide bonds. The van der Waals surface area contributed by atoms with E-state index in [1.165, 1.54) is 5.56 Å². The zero-order valence-corrected chi connectivity index (χ0v) is 9.50. The van der Waals surface area contributed by atoms with Gasteiger partial charge >= 0.3 is 0 Å². The maximum absolute atomic E-state index is 9.12. The SMILES string of the molecule is NC[C@@]1(c2ccc(Br)cc2)C[C@H]1CO. The third kappa shape index (κ3) is 1.49. The average molecular weight is 256 g/mol. The van der Waals surface area contributed by atoms with E-state index in [1.54, 1.807) is 0 Å². The summed E-state index contributed by atoms with van der Waals surface area (Å²) in [6.45, 7) is 0.868. The molecule has 14 heavy (non-hydrogen) atoms. The number of aliphatic hydroxyl groups is 1. The number of halogens is 1. The first kappa shape index (κ1) is 10.1. The summed E-state index contributed by atoms with van der Waals surface area (Å²) >= 11 is 3.41. The molecule has 1 saturated carbocycles. The van der Waals surface area contributed by atoms with Gasteiger partial charge in [-0.05, 0) is 30.0 Å². The molecule has 0 unspecified atom stereocenters. The summed E-state index contributed by atoms with van der Waals surface area (Å²) in [5, 5.41) is 9.12. The molecule has 2 rings (SSSR count). The van der Waals surface area contributed by atoms with Gasteiger partial charge in [-0.1, -0.05) is 28.1 Å². The molecular weight excluding hydrogens is 242 g/mol. The molecule has 76 valence electrons. The Morgan fingerprint density at radius 1 is 1.43 bits per heavy atom. The van der Waals surface area contributed by atoms with Crippen LogP contribution in [0, 0.1) is 5.92 Å². The molecule has 0 spiro atoms. The second kappa shape index (κ2) is 3.65. The molecule has 3 N–H and O–H groups in total. The van der Waals surface area contributed by atoms with Gasteiger partial charge in [0.2, 0.25) is 0 Å². The standard InChI is InChI=1S/C11H14BrNO/c12-10-3-1-8(2-4-10)11(7-13)5-9(11)6-14/h1-4,9,14H,5-7,13H2/t9-,11+/m0/s1. The maximum atomic E-state index is 9.12. The summed E-state index contributed by atoms with van der Waals surface area (Å²) in [7, 11) is 0. The van der Waals surface area contributed by atoms with E-state index < -0.39 is 0 Å². The van der Waals surface area contributed by atoms with Crippen LogP contribution >= 0.6 is 15.9 Å². The van der Waals surface area contributed by atoms with Crippen molar-refractivity contribution in [2.45, 2.75) is 11.8 Å². The van der Waals surface area contributed by atoms with E-state index in [9.17, 15) is 0 Å². The molecule has 1 aromatic rings. The summed E-state index contributed by atoms with van der Waals surface area (Å²) in [4.78, 5) is 0. The quantitative estimate of drug-likeness (QED) is 0.863. The minimum absolute atomic E-state index is 0.0510. The molecule has 0 radical (unpaired) electrons. The zero-order valence-electron chi connectivity index (χ0n) is 7.91. The molecule has 0 aliphatic heterocycles. The highest BCUT2D eigenvalue weighted by molar-refractivity contribution is 9.10. The van der Waals surface area contributed by atoms with Gasteiger partial charge in [-0.25, -0.2) is 0 Å². The second-order valence-electron chi connectivity index (χ2n) is 3.95. The molecule has 0 saturated heterocycles.